The van der Waals surface area contributed by atoms with Crippen molar-refractivity contribution in [2.45, 2.75) is 13.5 Å². The van der Waals surface area contributed by atoms with Gasteiger partial charge in [-0.2, -0.15) is 5.10 Å². The number of fused-ring (bicyclic) bond motifs is 1. The molecule has 0 atom stereocenters. The van der Waals surface area contributed by atoms with Gasteiger partial charge in [0.05, 0.1) is 5.69 Å². The van der Waals surface area contributed by atoms with Gasteiger partial charge < -0.3 is 4.90 Å². The number of benzene rings is 1. The first-order chi connectivity index (χ1) is 10.3. The van der Waals surface area contributed by atoms with E-state index < -0.39 is 0 Å². The molecule has 2 heterocycles. The molecule has 5 heteroatoms. The highest BCUT2D eigenvalue weighted by molar-refractivity contribution is 6.18. The molecule has 0 aliphatic carbocycles. The molecule has 0 spiro atoms. The fraction of sp³-hybridized carbons (Fsp3) is 0.250. The minimum atomic E-state index is 0.558. The van der Waals surface area contributed by atoms with Crippen molar-refractivity contribution in [1.29, 1.82) is 0 Å². The van der Waals surface area contributed by atoms with Crippen LogP contribution in [0.25, 0.3) is 5.52 Å². The smallest absolute Gasteiger partial charge is 0.155 e. The van der Waals surface area contributed by atoms with Crippen LogP contribution in [0.4, 0.5) is 5.82 Å². The monoisotopic (exact) mass is 300 g/mol. The first-order valence-corrected chi connectivity index (χ1v) is 7.47. The molecule has 2 aromatic heterocycles. The molecule has 108 valence electrons. The third-order valence-corrected chi connectivity index (χ3v) is 3.53. The summed E-state index contributed by atoms with van der Waals surface area (Å²) in [5, 5.41) is 4.44. The third kappa shape index (κ3) is 3.00. The molecule has 1 aromatic carbocycles. The molecule has 0 fully saturated rings. The van der Waals surface area contributed by atoms with E-state index in [9.17, 15) is 0 Å². The van der Waals surface area contributed by atoms with Crippen molar-refractivity contribution in [1.82, 2.24) is 14.6 Å². The Morgan fingerprint density at radius 2 is 2.05 bits per heavy atom. The number of hydrogen-bond acceptors (Lipinski definition) is 3. The second-order valence-electron chi connectivity index (χ2n) is 4.96. The van der Waals surface area contributed by atoms with Gasteiger partial charge >= 0.3 is 0 Å². The minimum absolute atomic E-state index is 0.558. The summed E-state index contributed by atoms with van der Waals surface area (Å²) in [6.07, 6.45) is 3.65. The molecule has 4 nitrogen and oxygen atoms in total. The Morgan fingerprint density at radius 3 is 2.81 bits per heavy atom. The van der Waals surface area contributed by atoms with E-state index in [-0.39, 0.29) is 0 Å². The van der Waals surface area contributed by atoms with Gasteiger partial charge in [0.1, 0.15) is 5.52 Å². The Balaban J connectivity index is 1.99. The van der Waals surface area contributed by atoms with Crippen molar-refractivity contribution >= 4 is 22.9 Å². The zero-order valence-electron chi connectivity index (χ0n) is 11.9. The largest absolute Gasteiger partial charge is 0.349 e. The zero-order chi connectivity index (χ0) is 14.7. The van der Waals surface area contributed by atoms with Crippen LogP contribution < -0.4 is 4.90 Å². The summed E-state index contributed by atoms with van der Waals surface area (Å²) < 4.78 is 1.86. The van der Waals surface area contributed by atoms with Crippen LogP contribution in [0, 0.1) is 6.92 Å². The van der Waals surface area contributed by atoms with Gasteiger partial charge in [0.2, 0.25) is 0 Å². The zero-order valence-corrected chi connectivity index (χ0v) is 12.7. The highest BCUT2D eigenvalue weighted by Crippen LogP contribution is 2.21. The van der Waals surface area contributed by atoms with E-state index in [0.29, 0.717) is 5.88 Å². The van der Waals surface area contributed by atoms with Gasteiger partial charge in [-0.25, -0.2) is 9.50 Å². The second-order valence-corrected chi connectivity index (χ2v) is 5.34. The van der Waals surface area contributed by atoms with Gasteiger partial charge in [-0.15, -0.1) is 11.6 Å². The predicted octanol–water partition coefficient (Wildman–Crippen LogP) is 3.28. The number of hydrogen-bond donors (Lipinski definition) is 0. The van der Waals surface area contributed by atoms with Crippen molar-refractivity contribution in [2.75, 3.05) is 17.3 Å². The van der Waals surface area contributed by atoms with Gasteiger partial charge in [0, 0.05) is 31.4 Å². The van der Waals surface area contributed by atoms with E-state index in [1.165, 1.54) is 5.56 Å². The first-order valence-electron chi connectivity index (χ1n) is 6.94. The van der Waals surface area contributed by atoms with Crippen LogP contribution in [-0.2, 0) is 6.54 Å². The van der Waals surface area contributed by atoms with Crippen LogP contribution in [0.2, 0.25) is 0 Å². The highest BCUT2D eigenvalue weighted by Gasteiger charge is 2.13. The van der Waals surface area contributed by atoms with Crippen molar-refractivity contribution in [3.05, 3.63) is 60.0 Å². The van der Waals surface area contributed by atoms with E-state index in [2.05, 4.69) is 33.2 Å². The maximum Gasteiger partial charge on any atom is 0.155 e. The van der Waals surface area contributed by atoms with E-state index in [4.69, 9.17) is 11.6 Å². The molecular formula is C16H17ClN4. The Kier molecular flexibility index (Phi) is 4.06. The van der Waals surface area contributed by atoms with Crippen molar-refractivity contribution < 1.29 is 0 Å². The van der Waals surface area contributed by atoms with E-state index >= 15 is 0 Å². The molecule has 0 aliphatic rings. The Bertz CT molecular complexity index is 723. The van der Waals surface area contributed by atoms with Crippen molar-refractivity contribution in [3.63, 3.8) is 0 Å². The average Bonchev–Trinajstić information content (AvgIpc) is 2.88. The van der Waals surface area contributed by atoms with Crippen LogP contribution in [0.1, 0.15) is 11.3 Å². The molecule has 0 amide bonds. The number of nitrogens with zero attached hydrogens (tertiary/aromatic N) is 4. The molecule has 0 saturated carbocycles. The van der Waals surface area contributed by atoms with Crippen LogP contribution in [0.3, 0.4) is 0 Å². The van der Waals surface area contributed by atoms with Gasteiger partial charge in [0.25, 0.3) is 0 Å². The van der Waals surface area contributed by atoms with E-state index in [1.54, 1.807) is 6.20 Å². The molecular weight excluding hydrogens is 284 g/mol. The number of aromatic nitrogens is 3. The van der Waals surface area contributed by atoms with Gasteiger partial charge in [-0.05, 0) is 18.6 Å². The summed E-state index contributed by atoms with van der Waals surface area (Å²) in [6.45, 7) is 3.51. The Labute approximate surface area is 129 Å². The summed E-state index contributed by atoms with van der Waals surface area (Å²) in [5.74, 6) is 1.48. The van der Waals surface area contributed by atoms with Gasteiger partial charge in [-0.3, -0.25) is 0 Å². The number of aryl methyl sites for hydroxylation is 1. The fourth-order valence-corrected chi connectivity index (χ4v) is 2.64. The SMILES string of the molecule is Cc1cc2c(N(CCCl)Cc3ccccc3)nccn2n1. The predicted molar refractivity (Wildman–Crippen MR) is 85.9 cm³/mol. The molecule has 21 heavy (non-hydrogen) atoms. The highest BCUT2D eigenvalue weighted by atomic mass is 35.5. The lowest BCUT2D eigenvalue weighted by atomic mass is 10.2. The quantitative estimate of drug-likeness (QED) is 0.678. The molecule has 3 aromatic rings. The topological polar surface area (TPSA) is 33.4 Å². The standard InChI is InChI=1S/C16H17ClN4/c1-13-11-15-16(18-8-10-21(15)19-13)20(9-7-17)12-14-5-3-2-4-6-14/h2-6,8,10-11H,7,9,12H2,1H3. The molecule has 0 radical (unpaired) electrons. The van der Waals surface area contributed by atoms with Crippen LogP contribution >= 0.6 is 11.6 Å². The Morgan fingerprint density at radius 1 is 1.24 bits per heavy atom. The van der Waals surface area contributed by atoms with E-state index in [0.717, 1.165) is 30.1 Å². The van der Waals surface area contributed by atoms with Crippen molar-refractivity contribution in [3.8, 4) is 0 Å². The maximum absolute atomic E-state index is 5.98. The fourth-order valence-electron chi connectivity index (χ4n) is 2.44. The third-order valence-electron chi connectivity index (χ3n) is 3.36. The molecule has 0 aliphatic heterocycles. The van der Waals surface area contributed by atoms with Crippen LogP contribution in [-0.4, -0.2) is 27.0 Å². The number of halogens is 1. The minimum Gasteiger partial charge on any atom is -0.349 e. The lowest BCUT2D eigenvalue weighted by Gasteiger charge is -2.23. The first kappa shape index (κ1) is 13.9. The van der Waals surface area contributed by atoms with Crippen molar-refractivity contribution in [2.24, 2.45) is 0 Å². The lowest BCUT2D eigenvalue weighted by molar-refractivity contribution is 0.810. The summed E-state index contributed by atoms with van der Waals surface area (Å²) in [6, 6.07) is 12.4. The van der Waals surface area contributed by atoms with Crippen LogP contribution in [0.15, 0.2) is 48.8 Å². The second kappa shape index (κ2) is 6.14. The summed E-state index contributed by atoms with van der Waals surface area (Å²) >= 11 is 5.98. The molecule has 0 N–H and O–H groups in total. The summed E-state index contributed by atoms with van der Waals surface area (Å²) in [5.41, 5.74) is 3.23. The molecule has 3 rings (SSSR count). The number of anilines is 1. The van der Waals surface area contributed by atoms with E-state index in [1.807, 2.05) is 35.8 Å². The number of alkyl halides is 1. The molecule has 0 bridgehead atoms. The lowest BCUT2D eigenvalue weighted by Crippen LogP contribution is -2.26. The van der Waals surface area contributed by atoms with Gasteiger partial charge in [-0.1, -0.05) is 30.3 Å². The summed E-state index contributed by atoms with van der Waals surface area (Å²) in [4.78, 5) is 6.74. The Hall–Kier alpha value is -2.07. The summed E-state index contributed by atoms with van der Waals surface area (Å²) in [7, 11) is 0. The maximum atomic E-state index is 5.98. The number of rotatable bonds is 5. The molecule has 0 unspecified atom stereocenters. The average molecular weight is 301 g/mol. The van der Waals surface area contributed by atoms with Crippen LogP contribution in [0.5, 0.6) is 0 Å². The van der Waals surface area contributed by atoms with Gasteiger partial charge in [0.15, 0.2) is 5.82 Å². The molecule has 0 saturated heterocycles. The normalized spacial score (nSPS) is 11.0.